The fraction of sp³-hybridized carbons (Fsp3) is 0.381. The predicted octanol–water partition coefficient (Wildman–Crippen LogP) is 4.48. The first-order valence-electron chi connectivity index (χ1n) is 9.77. The van der Waals surface area contributed by atoms with Crippen LogP contribution in [-0.2, 0) is 24.1 Å². The topological polar surface area (TPSA) is 59.8 Å². The number of hydrogen-bond acceptors (Lipinski definition) is 5. The van der Waals surface area contributed by atoms with Crippen molar-refractivity contribution in [3.63, 3.8) is 0 Å². The average molecular weight is 411 g/mol. The van der Waals surface area contributed by atoms with Gasteiger partial charge in [0.05, 0.1) is 5.75 Å². The van der Waals surface area contributed by atoms with Gasteiger partial charge in [0.2, 0.25) is 5.91 Å². The summed E-state index contributed by atoms with van der Waals surface area (Å²) in [6, 6.07) is 11.0. The zero-order valence-corrected chi connectivity index (χ0v) is 17.2. The summed E-state index contributed by atoms with van der Waals surface area (Å²) in [6.07, 6.45) is 6.64. The molecule has 2 heterocycles. The van der Waals surface area contributed by atoms with Gasteiger partial charge in [0.1, 0.15) is 5.82 Å². The molecule has 0 bridgehead atoms. The zero-order chi connectivity index (χ0) is 18.9. The van der Waals surface area contributed by atoms with Crippen molar-refractivity contribution in [3.8, 4) is 0 Å². The molecule has 1 saturated carbocycles. The van der Waals surface area contributed by atoms with Crippen LogP contribution in [-0.4, -0.2) is 26.4 Å². The summed E-state index contributed by atoms with van der Waals surface area (Å²) in [7, 11) is 0. The molecule has 0 saturated heterocycles. The van der Waals surface area contributed by atoms with E-state index in [1.165, 1.54) is 47.0 Å². The lowest BCUT2D eigenvalue weighted by Gasteiger charge is -2.09. The quantitative estimate of drug-likeness (QED) is 0.583. The number of aromatic nitrogens is 3. The zero-order valence-electron chi connectivity index (χ0n) is 15.6. The van der Waals surface area contributed by atoms with E-state index in [-0.39, 0.29) is 5.91 Å². The minimum Gasteiger partial charge on any atom is -0.325 e. The number of nitrogens with one attached hydrogen (secondary N) is 1. The van der Waals surface area contributed by atoms with Crippen LogP contribution in [0.15, 0.2) is 40.9 Å². The van der Waals surface area contributed by atoms with Crippen LogP contribution in [0, 0.1) is 0 Å². The highest BCUT2D eigenvalue weighted by Gasteiger charge is 2.30. The number of thioether (sulfide) groups is 1. The van der Waals surface area contributed by atoms with Crippen LogP contribution < -0.4 is 5.32 Å². The van der Waals surface area contributed by atoms with Gasteiger partial charge in [0.15, 0.2) is 5.16 Å². The number of thiophene rings is 1. The Morgan fingerprint density at radius 2 is 2.11 bits per heavy atom. The van der Waals surface area contributed by atoms with Gasteiger partial charge in [0.25, 0.3) is 0 Å². The average Bonchev–Trinajstić information content (AvgIpc) is 3.10. The van der Waals surface area contributed by atoms with E-state index in [0.29, 0.717) is 11.8 Å². The van der Waals surface area contributed by atoms with Gasteiger partial charge in [-0.2, -0.15) is 0 Å². The van der Waals surface area contributed by atoms with E-state index in [1.807, 2.05) is 6.07 Å². The third kappa shape index (κ3) is 3.86. The molecule has 144 valence electrons. The third-order valence-electron chi connectivity index (χ3n) is 5.27. The Hall–Kier alpha value is -2.12. The van der Waals surface area contributed by atoms with Gasteiger partial charge in [-0.05, 0) is 66.8 Å². The maximum atomic E-state index is 12.5. The molecule has 2 aliphatic carbocycles. The van der Waals surface area contributed by atoms with Crippen LogP contribution in [0.5, 0.6) is 0 Å². The lowest BCUT2D eigenvalue weighted by molar-refractivity contribution is -0.113. The summed E-state index contributed by atoms with van der Waals surface area (Å²) in [5.41, 5.74) is 3.69. The number of rotatable bonds is 7. The van der Waals surface area contributed by atoms with Gasteiger partial charge in [0, 0.05) is 23.0 Å². The summed E-state index contributed by atoms with van der Waals surface area (Å²) < 4.78 is 2.24. The Morgan fingerprint density at radius 1 is 1.21 bits per heavy atom. The lowest BCUT2D eigenvalue weighted by atomic mass is 10.1. The second kappa shape index (κ2) is 7.72. The molecule has 0 aliphatic heterocycles. The first-order valence-corrected chi connectivity index (χ1v) is 11.6. The van der Waals surface area contributed by atoms with Crippen molar-refractivity contribution in [3.05, 3.63) is 57.5 Å². The summed E-state index contributed by atoms with van der Waals surface area (Å²) in [6.45, 7) is 0. The van der Waals surface area contributed by atoms with Crippen molar-refractivity contribution in [1.82, 2.24) is 14.8 Å². The van der Waals surface area contributed by atoms with Crippen LogP contribution in [0.2, 0.25) is 0 Å². The number of fused-ring (bicyclic) bond motifs is 1. The number of anilines is 1. The van der Waals surface area contributed by atoms with Gasteiger partial charge < -0.3 is 9.88 Å². The minimum absolute atomic E-state index is 0.00750. The predicted molar refractivity (Wildman–Crippen MR) is 113 cm³/mol. The first-order chi connectivity index (χ1) is 13.8. The van der Waals surface area contributed by atoms with Crippen molar-refractivity contribution in [2.45, 2.75) is 49.7 Å². The highest BCUT2D eigenvalue weighted by molar-refractivity contribution is 7.99. The molecule has 1 fully saturated rings. The minimum atomic E-state index is 0.00750. The molecule has 5 rings (SSSR count). The van der Waals surface area contributed by atoms with Crippen LogP contribution in [0.1, 0.15) is 47.1 Å². The second-order valence-corrected chi connectivity index (χ2v) is 9.40. The van der Waals surface area contributed by atoms with E-state index in [4.69, 9.17) is 0 Å². The number of carbonyl (C=O) groups excluding carboxylic acids is 1. The molecule has 1 N–H and O–H groups in total. The number of benzene rings is 1. The summed E-state index contributed by atoms with van der Waals surface area (Å²) in [5, 5.41) is 14.8. The third-order valence-corrected chi connectivity index (χ3v) is 7.09. The van der Waals surface area contributed by atoms with Gasteiger partial charge in [-0.25, -0.2) is 0 Å². The molecule has 1 aromatic carbocycles. The van der Waals surface area contributed by atoms with E-state index >= 15 is 0 Å². The van der Waals surface area contributed by atoms with Crippen LogP contribution in [0.4, 0.5) is 5.69 Å². The Balaban J connectivity index is 1.24. The summed E-state index contributed by atoms with van der Waals surface area (Å²) >= 11 is 3.23. The Bertz CT molecular complexity index is 992. The van der Waals surface area contributed by atoms with Gasteiger partial charge in [-0.1, -0.05) is 23.9 Å². The molecular formula is C21H22N4OS2. The second-order valence-electron chi connectivity index (χ2n) is 7.43. The van der Waals surface area contributed by atoms with E-state index < -0.39 is 0 Å². The molecule has 0 atom stereocenters. The molecule has 2 aromatic heterocycles. The molecule has 1 amide bonds. The summed E-state index contributed by atoms with van der Waals surface area (Å²) in [4.78, 5) is 13.7. The van der Waals surface area contributed by atoms with Crippen molar-refractivity contribution in [2.75, 3.05) is 11.1 Å². The molecule has 0 spiro atoms. The van der Waals surface area contributed by atoms with E-state index in [1.54, 1.807) is 11.3 Å². The van der Waals surface area contributed by atoms with Crippen LogP contribution in [0.25, 0.3) is 0 Å². The molecule has 2 aliphatic rings. The molecule has 28 heavy (non-hydrogen) atoms. The molecule has 0 radical (unpaired) electrons. The maximum Gasteiger partial charge on any atom is 0.234 e. The normalized spacial score (nSPS) is 15.6. The fourth-order valence-corrected chi connectivity index (χ4v) is 5.30. The number of amides is 1. The highest BCUT2D eigenvalue weighted by atomic mass is 32.2. The molecule has 5 nitrogen and oxygen atoms in total. The van der Waals surface area contributed by atoms with Gasteiger partial charge in [-0.3, -0.25) is 4.79 Å². The standard InChI is InChI=1S/C21H22N4OS2/c26-20(22-16-7-6-14-3-1-4-15(14)11-16)13-28-21-24-23-19(25(21)17-8-9-17)12-18-5-2-10-27-18/h2,5-7,10-11,17H,1,3-4,8-9,12-13H2,(H,22,26). The summed E-state index contributed by atoms with van der Waals surface area (Å²) in [5.74, 6) is 1.36. The van der Waals surface area contributed by atoms with E-state index in [0.717, 1.165) is 35.9 Å². The SMILES string of the molecule is O=C(CSc1nnc(Cc2cccs2)n1C1CC1)Nc1ccc2c(c1)CCC2. The van der Waals surface area contributed by atoms with Gasteiger partial charge >= 0.3 is 0 Å². The number of aryl methyl sites for hydroxylation is 2. The van der Waals surface area contributed by atoms with Crippen molar-refractivity contribution in [2.24, 2.45) is 0 Å². The van der Waals surface area contributed by atoms with Crippen LogP contribution >= 0.6 is 23.1 Å². The number of nitrogens with zero attached hydrogens (tertiary/aromatic N) is 3. The Morgan fingerprint density at radius 3 is 2.93 bits per heavy atom. The molecule has 3 aromatic rings. The van der Waals surface area contributed by atoms with Crippen molar-refractivity contribution >= 4 is 34.7 Å². The number of carbonyl (C=O) groups is 1. The van der Waals surface area contributed by atoms with Crippen molar-refractivity contribution < 1.29 is 4.79 Å². The van der Waals surface area contributed by atoms with Gasteiger partial charge in [-0.15, -0.1) is 21.5 Å². The Labute approximate surface area is 172 Å². The largest absolute Gasteiger partial charge is 0.325 e. The molecule has 0 unspecified atom stereocenters. The monoisotopic (exact) mass is 410 g/mol. The Kier molecular flexibility index (Phi) is 4.94. The fourth-order valence-electron chi connectivity index (χ4n) is 3.77. The number of hydrogen-bond donors (Lipinski definition) is 1. The maximum absolute atomic E-state index is 12.5. The highest BCUT2D eigenvalue weighted by Crippen LogP contribution is 2.39. The van der Waals surface area contributed by atoms with Crippen LogP contribution in [0.3, 0.4) is 0 Å². The molecular weight excluding hydrogens is 388 g/mol. The smallest absolute Gasteiger partial charge is 0.234 e. The van der Waals surface area contributed by atoms with E-state index in [2.05, 4.69) is 49.7 Å². The van der Waals surface area contributed by atoms with Crippen molar-refractivity contribution in [1.29, 1.82) is 0 Å². The lowest BCUT2D eigenvalue weighted by Crippen LogP contribution is -2.15. The van der Waals surface area contributed by atoms with E-state index in [9.17, 15) is 4.79 Å². The first kappa shape index (κ1) is 17.9. The molecule has 7 heteroatoms.